The summed E-state index contributed by atoms with van der Waals surface area (Å²) >= 11 is 0. The number of aromatic nitrogens is 2. The number of anilines is 1. The Balaban J connectivity index is 1.31. The maximum atomic E-state index is 5.16. The van der Waals surface area contributed by atoms with E-state index < -0.39 is 0 Å². The number of likely N-dealkylation sites (tertiary alicyclic amines) is 1. The van der Waals surface area contributed by atoms with Gasteiger partial charge in [-0.1, -0.05) is 60.7 Å². The summed E-state index contributed by atoms with van der Waals surface area (Å²) in [6, 6.07) is 21.4. The molecule has 0 unspecified atom stereocenters. The average molecular weight is 443 g/mol. The van der Waals surface area contributed by atoms with Crippen molar-refractivity contribution in [1.29, 1.82) is 0 Å². The zero-order valence-electron chi connectivity index (χ0n) is 19.3. The molecule has 0 aliphatic carbocycles. The number of aryl methyl sites for hydroxylation is 2. The van der Waals surface area contributed by atoms with Gasteiger partial charge in [0.25, 0.3) is 0 Å². The molecule has 0 saturated carbocycles. The number of hydrogen-bond acceptors (Lipinski definition) is 5. The van der Waals surface area contributed by atoms with Crippen LogP contribution in [0.15, 0.2) is 71.9 Å². The lowest BCUT2D eigenvalue weighted by Gasteiger charge is -2.16. The van der Waals surface area contributed by atoms with Crippen LogP contribution in [0.25, 0.3) is 0 Å². The van der Waals surface area contributed by atoms with Crippen LogP contribution in [0, 0.1) is 0 Å². The third kappa shape index (κ3) is 5.82. The van der Waals surface area contributed by atoms with Crippen LogP contribution in [0.2, 0.25) is 0 Å². The van der Waals surface area contributed by atoms with E-state index in [0.29, 0.717) is 0 Å². The molecular formula is C27H34N6. The van der Waals surface area contributed by atoms with Gasteiger partial charge in [-0.2, -0.15) is 5.10 Å². The highest BCUT2D eigenvalue weighted by atomic mass is 15.3. The van der Waals surface area contributed by atoms with Crippen LogP contribution < -0.4 is 10.6 Å². The summed E-state index contributed by atoms with van der Waals surface area (Å²) in [4.78, 5) is 7.69. The Bertz CT molecular complexity index is 1040. The van der Waals surface area contributed by atoms with Gasteiger partial charge in [0.15, 0.2) is 11.5 Å². The number of nitrogens with zero attached hydrogens (tertiary/aromatic N) is 4. The van der Waals surface area contributed by atoms with Crippen molar-refractivity contribution < 1.29 is 0 Å². The van der Waals surface area contributed by atoms with Crippen molar-refractivity contribution in [3.8, 4) is 0 Å². The Kier molecular flexibility index (Phi) is 7.02. The summed E-state index contributed by atoms with van der Waals surface area (Å²) in [5.74, 6) is 0.925. The van der Waals surface area contributed by atoms with Crippen molar-refractivity contribution in [3.05, 3.63) is 83.7 Å². The summed E-state index contributed by atoms with van der Waals surface area (Å²) in [7, 11) is 0. The van der Waals surface area contributed by atoms with E-state index in [0.717, 1.165) is 56.2 Å². The number of nitrogens with one attached hydrogen (secondary N) is 2. The molecule has 172 valence electrons. The molecule has 2 N–H and O–H groups in total. The molecule has 33 heavy (non-hydrogen) atoms. The van der Waals surface area contributed by atoms with Crippen LogP contribution in [-0.4, -0.2) is 59.3 Å². The van der Waals surface area contributed by atoms with Gasteiger partial charge >= 0.3 is 0 Å². The standard InChI is InChI=1S/C27H34N6/c1-3-9-22(10-4-1)13-17-33-21-25-26(31-33)27(28-14-18-32-15-7-8-16-32)30-24(20-29-25)19-23-11-5-2-6-12-23/h1-6,9-12,21,24,29H,7-8,13-20H2,(H,28,30)/t24-/m1/s1. The number of fused-ring (bicyclic) bond motifs is 1. The predicted octanol–water partition coefficient (Wildman–Crippen LogP) is 3.59. The second kappa shape index (κ2) is 10.7. The Morgan fingerprint density at radius 1 is 0.909 bits per heavy atom. The highest BCUT2D eigenvalue weighted by Crippen LogP contribution is 2.20. The fourth-order valence-corrected chi connectivity index (χ4v) is 4.72. The number of benzene rings is 2. The van der Waals surface area contributed by atoms with Crippen LogP contribution in [0.1, 0.15) is 29.7 Å². The molecule has 6 nitrogen and oxygen atoms in total. The first-order chi connectivity index (χ1) is 16.3. The fraction of sp³-hybridized carbons (Fsp3) is 0.407. The van der Waals surface area contributed by atoms with Crippen molar-refractivity contribution in [2.45, 2.75) is 38.3 Å². The molecule has 0 bridgehead atoms. The molecule has 3 heterocycles. The topological polar surface area (TPSA) is 57.5 Å². The van der Waals surface area contributed by atoms with Gasteiger partial charge in [0.05, 0.1) is 11.7 Å². The van der Waals surface area contributed by atoms with Crippen LogP contribution in [0.5, 0.6) is 0 Å². The van der Waals surface area contributed by atoms with Gasteiger partial charge in [-0.25, -0.2) is 0 Å². The minimum atomic E-state index is 0.175. The van der Waals surface area contributed by atoms with Crippen molar-refractivity contribution in [1.82, 2.24) is 20.0 Å². The third-order valence-electron chi connectivity index (χ3n) is 6.53. The maximum Gasteiger partial charge on any atom is 0.151 e. The van der Waals surface area contributed by atoms with Crippen molar-refractivity contribution >= 4 is 11.5 Å². The Morgan fingerprint density at radius 3 is 2.39 bits per heavy atom. The molecule has 1 atom stereocenters. The maximum absolute atomic E-state index is 5.16. The predicted molar refractivity (Wildman–Crippen MR) is 135 cm³/mol. The first-order valence-corrected chi connectivity index (χ1v) is 12.3. The molecule has 3 aromatic rings. The minimum Gasteiger partial charge on any atom is -0.380 e. The van der Waals surface area contributed by atoms with Gasteiger partial charge in [0.2, 0.25) is 0 Å². The molecule has 5 rings (SSSR count). The second-order valence-electron chi connectivity index (χ2n) is 9.07. The molecule has 2 aliphatic heterocycles. The summed E-state index contributed by atoms with van der Waals surface area (Å²) in [5, 5.41) is 12.2. The molecule has 6 heteroatoms. The third-order valence-corrected chi connectivity index (χ3v) is 6.53. The van der Waals surface area contributed by atoms with Gasteiger partial charge in [-0.3, -0.25) is 9.67 Å². The smallest absolute Gasteiger partial charge is 0.151 e. The Labute approximate surface area is 196 Å². The molecule has 1 fully saturated rings. The number of aliphatic imine (C=N–C) groups is 1. The molecule has 2 aliphatic rings. The van der Waals surface area contributed by atoms with E-state index >= 15 is 0 Å². The quantitative estimate of drug-likeness (QED) is 0.560. The van der Waals surface area contributed by atoms with Gasteiger partial charge in [0.1, 0.15) is 0 Å². The molecule has 0 amide bonds. The lowest BCUT2D eigenvalue weighted by Crippen LogP contribution is -2.35. The van der Waals surface area contributed by atoms with Crippen LogP contribution >= 0.6 is 0 Å². The van der Waals surface area contributed by atoms with E-state index in [-0.39, 0.29) is 6.04 Å². The fourth-order valence-electron chi connectivity index (χ4n) is 4.72. The second-order valence-corrected chi connectivity index (χ2v) is 9.07. The Hall–Kier alpha value is -3.12. The summed E-state index contributed by atoms with van der Waals surface area (Å²) < 4.78 is 2.06. The first kappa shape index (κ1) is 21.7. The average Bonchev–Trinajstić information content (AvgIpc) is 3.49. The monoisotopic (exact) mass is 442 g/mol. The van der Waals surface area contributed by atoms with E-state index in [1.165, 1.54) is 37.1 Å². The molecule has 1 aromatic heterocycles. The molecule has 1 saturated heterocycles. The SMILES string of the molecule is c1ccc(CCn2cc3c(n2)C(NCCN2CCCC2)=N[C@H](Cc2ccccc2)CN3)cc1. The zero-order valence-corrected chi connectivity index (χ0v) is 19.3. The minimum absolute atomic E-state index is 0.175. The van der Waals surface area contributed by atoms with E-state index in [4.69, 9.17) is 10.1 Å². The number of amidine groups is 1. The van der Waals surface area contributed by atoms with Crippen molar-refractivity contribution in [2.75, 3.05) is 38.0 Å². The zero-order chi connectivity index (χ0) is 22.3. The lowest BCUT2D eigenvalue weighted by atomic mass is 10.1. The highest BCUT2D eigenvalue weighted by Gasteiger charge is 2.22. The largest absolute Gasteiger partial charge is 0.380 e. The van der Waals surface area contributed by atoms with Crippen LogP contribution in [-0.2, 0) is 19.4 Å². The van der Waals surface area contributed by atoms with E-state index in [2.05, 4.69) is 87.1 Å². The normalized spacial score (nSPS) is 18.3. The summed E-state index contributed by atoms with van der Waals surface area (Å²) in [6.45, 7) is 6.04. The number of hydrogen-bond donors (Lipinski definition) is 2. The molecule has 0 radical (unpaired) electrons. The Morgan fingerprint density at radius 2 is 1.64 bits per heavy atom. The molecule has 2 aromatic carbocycles. The van der Waals surface area contributed by atoms with Gasteiger partial charge in [-0.05, 0) is 49.9 Å². The first-order valence-electron chi connectivity index (χ1n) is 12.3. The van der Waals surface area contributed by atoms with Gasteiger partial charge in [0, 0.05) is 32.4 Å². The molecule has 0 spiro atoms. The van der Waals surface area contributed by atoms with Crippen molar-refractivity contribution in [2.24, 2.45) is 4.99 Å². The van der Waals surface area contributed by atoms with E-state index in [9.17, 15) is 0 Å². The lowest BCUT2D eigenvalue weighted by molar-refractivity contribution is 0.343. The van der Waals surface area contributed by atoms with Gasteiger partial charge in [-0.15, -0.1) is 0 Å². The summed E-state index contributed by atoms with van der Waals surface area (Å²) in [5.41, 5.74) is 4.67. The number of rotatable bonds is 8. The van der Waals surface area contributed by atoms with Crippen LogP contribution in [0.4, 0.5) is 5.69 Å². The highest BCUT2D eigenvalue weighted by molar-refractivity contribution is 6.02. The van der Waals surface area contributed by atoms with Crippen LogP contribution in [0.3, 0.4) is 0 Å². The van der Waals surface area contributed by atoms with E-state index in [1.54, 1.807) is 0 Å². The van der Waals surface area contributed by atoms with E-state index in [1.807, 2.05) is 0 Å². The van der Waals surface area contributed by atoms with Crippen molar-refractivity contribution in [3.63, 3.8) is 0 Å². The van der Waals surface area contributed by atoms with Gasteiger partial charge < -0.3 is 15.5 Å². The summed E-state index contributed by atoms with van der Waals surface area (Å²) in [6.07, 6.45) is 6.66. The molecular weight excluding hydrogens is 408 g/mol.